The van der Waals surface area contributed by atoms with E-state index in [0.29, 0.717) is 6.42 Å². The van der Waals surface area contributed by atoms with Crippen LogP contribution in [0.3, 0.4) is 0 Å². The minimum Gasteiger partial charge on any atom is -0.420 e. The molecule has 0 radical (unpaired) electrons. The molecule has 2 aromatic carbocycles. The molecule has 0 spiro atoms. The molecule has 1 aliphatic carbocycles. The molecule has 2 unspecified atom stereocenters. The molecule has 0 heterocycles. The summed E-state index contributed by atoms with van der Waals surface area (Å²) in [5.41, 5.74) is -0.137. The number of rotatable bonds is 9. The summed E-state index contributed by atoms with van der Waals surface area (Å²) in [7, 11) is 0. The third kappa shape index (κ3) is 5.58. The largest absolute Gasteiger partial charge is 0.420 e. The van der Waals surface area contributed by atoms with Gasteiger partial charge in [0.1, 0.15) is 5.83 Å². The molecule has 35 heavy (non-hydrogen) atoms. The second-order valence-electron chi connectivity index (χ2n) is 8.75. The lowest BCUT2D eigenvalue weighted by molar-refractivity contribution is 0.0726. The summed E-state index contributed by atoms with van der Waals surface area (Å²) in [5.74, 6) is -3.54. The van der Waals surface area contributed by atoms with Crippen molar-refractivity contribution in [3.05, 3.63) is 94.6 Å². The molecule has 3 rings (SSSR count). The highest BCUT2D eigenvalue weighted by molar-refractivity contribution is 5.91. The van der Waals surface area contributed by atoms with Crippen molar-refractivity contribution in [3.8, 4) is 5.75 Å². The van der Waals surface area contributed by atoms with Gasteiger partial charge in [0, 0.05) is 11.1 Å². The van der Waals surface area contributed by atoms with Crippen molar-refractivity contribution in [1.29, 1.82) is 0 Å². The van der Waals surface area contributed by atoms with Crippen LogP contribution in [-0.2, 0) is 6.42 Å². The Morgan fingerprint density at radius 3 is 2.31 bits per heavy atom. The van der Waals surface area contributed by atoms with Gasteiger partial charge in [0.2, 0.25) is 0 Å². The maximum Gasteiger partial charge on any atom is 0.343 e. The predicted octanol–water partition coefficient (Wildman–Crippen LogP) is 8.73. The van der Waals surface area contributed by atoms with Gasteiger partial charge in [0.15, 0.2) is 23.9 Å². The predicted molar refractivity (Wildman–Crippen MR) is 131 cm³/mol. The van der Waals surface area contributed by atoms with Crippen LogP contribution in [0.5, 0.6) is 5.75 Å². The van der Waals surface area contributed by atoms with E-state index in [0.717, 1.165) is 37.3 Å². The molecule has 2 aromatic rings. The van der Waals surface area contributed by atoms with Crippen LogP contribution in [0.1, 0.15) is 79.2 Å². The maximum absolute atomic E-state index is 15.2. The van der Waals surface area contributed by atoms with Crippen LogP contribution >= 0.6 is 0 Å². The van der Waals surface area contributed by atoms with Gasteiger partial charge in [-0.15, -0.1) is 0 Å². The lowest BCUT2D eigenvalue weighted by Gasteiger charge is -2.29. The lowest BCUT2D eigenvalue weighted by Crippen LogP contribution is -2.24. The molecular weight excluding hydrogens is 456 g/mol. The van der Waals surface area contributed by atoms with Gasteiger partial charge in [-0.3, -0.25) is 0 Å². The number of fused-ring (bicyclic) bond motifs is 1. The summed E-state index contributed by atoms with van der Waals surface area (Å²) in [6, 6.07) is 9.17. The van der Waals surface area contributed by atoms with Crippen LogP contribution in [0.2, 0.25) is 0 Å². The minimum atomic E-state index is -2.49. The Balaban J connectivity index is 1.86. The zero-order valence-electron chi connectivity index (χ0n) is 20.1. The van der Waals surface area contributed by atoms with E-state index >= 15 is 8.78 Å². The van der Waals surface area contributed by atoms with Crippen LogP contribution in [-0.4, -0.2) is 12.1 Å². The zero-order valence-corrected chi connectivity index (χ0v) is 20.1. The number of carbonyl (C=O) groups excluding carboxylic acids is 1. The number of allylic oxidation sites excluding steroid dienone is 4. The van der Waals surface area contributed by atoms with E-state index in [4.69, 9.17) is 4.74 Å². The SMILES string of the molecule is C=C(CCC)/C(F)=C1\C(=C)c2ccc(OC(=O)c3ccc(CCCCC)cc3)c(F)c2C(F)C1F. The molecule has 2 atom stereocenters. The monoisotopic (exact) mass is 486 g/mol. The Kier molecular flexibility index (Phi) is 8.71. The topological polar surface area (TPSA) is 26.3 Å². The fourth-order valence-electron chi connectivity index (χ4n) is 4.19. The number of unbranched alkanes of at least 4 members (excludes halogenated alkanes) is 2. The van der Waals surface area contributed by atoms with Gasteiger partial charge in [-0.1, -0.05) is 64.5 Å². The number of halogens is 4. The fourth-order valence-corrected chi connectivity index (χ4v) is 4.19. The van der Waals surface area contributed by atoms with Gasteiger partial charge in [0.05, 0.1) is 5.56 Å². The Labute approximate surface area is 204 Å². The molecule has 186 valence electrons. The summed E-state index contributed by atoms with van der Waals surface area (Å²) >= 11 is 0. The number of alkyl halides is 2. The molecule has 1 aliphatic rings. The lowest BCUT2D eigenvalue weighted by atomic mass is 9.80. The molecule has 0 fully saturated rings. The average molecular weight is 487 g/mol. The van der Waals surface area contributed by atoms with Gasteiger partial charge in [-0.05, 0) is 59.7 Å². The molecule has 0 saturated heterocycles. The molecule has 0 aliphatic heterocycles. The number of hydrogen-bond acceptors (Lipinski definition) is 2. The van der Waals surface area contributed by atoms with E-state index in [9.17, 15) is 13.6 Å². The van der Waals surface area contributed by atoms with Crippen molar-refractivity contribution < 1.29 is 27.1 Å². The van der Waals surface area contributed by atoms with Crippen LogP contribution in [0.4, 0.5) is 17.6 Å². The second kappa shape index (κ2) is 11.5. The average Bonchev–Trinajstić information content (AvgIpc) is 2.84. The summed E-state index contributed by atoms with van der Waals surface area (Å²) in [6.45, 7) is 11.2. The van der Waals surface area contributed by atoms with Gasteiger partial charge >= 0.3 is 5.97 Å². The molecule has 0 aromatic heterocycles. The summed E-state index contributed by atoms with van der Waals surface area (Å²) < 4.78 is 65.2. The fraction of sp³-hybridized carbons (Fsp3) is 0.345. The number of hydrogen-bond donors (Lipinski definition) is 0. The molecule has 0 N–H and O–H groups in total. The molecule has 0 amide bonds. The number of ether oxygens (including phenoxy) is 1. The smallest absolute Gasteiger partial charge is 0.343 e. The first-order valence-electron chi connectivity index (χ1n) is 11.9. The van der Waals surface area contributed by atoms with E-state index in [-0.39, 0.29) is 28.7 Å². The van der Waals surface area contributed by atoms with Crippen LogP contribution in [0.25, 0.3) is 5.57 Å². The number of benzene rings is 2. The first kappa shape index (κ1) is 26.5. The third-order valence-corrected chi connectivity index (χ3v) is 6.16. The molecular formula is C29H30F4O2. The molecule has 2 nitrogen and oxygen atoms in total. The van der Waals surface area contributed by atoms with Crippen molar-refractivity contribution in [2.75, 3.05) is 0 Å². The first-order chi connectivity index (χ1) is 16.7. The van der Waals surface area contributed by atoms with E-state index in [2.05, 4.69) is 20.1 Å². The van der Waals surface area contributed by atoms with Crippen LogP contribution < -0.4 is 4.74 Å². The maximum atomic E-state index is 15.2. The zero-order chi connectivity index (χ0) is 25.7. The summed E-state index contributed by atoms with van der Waals surface area (Å²) in [4.78, 5) is 12.6. The normalized spacial score (nSPS) is 18.7. The molecule has 6 heteroatoms. The van der Waals surface area contributed by atoms with Crippen molar-refractivity contribution in [2.45, 2.75) is 64.7 Å². The van der Waals surface area contributed by atoms with Crippen LogP contribution in [0.15, 0.2) is 66.5 Å². The molecule has 0 saturated carbocycles. The Hall–Kier alpha value is -3.15. The van der Waals surface area contributed by atoms with E-state index < -0.39 is 46.8 Å². The number of carbonyl (C=O) groups is 1. The van der Waals surface area contributed by atoms with E-state index in [1.165, 1.54) is 6.07 Å². The van der Waals surface area contributed by atoms with E-state index in [1.807, 2.05) is 0 Å². The molecule has 0 bridgehead atoms. The van der Waals surface area contributed by atoms with Crippen molar-refractivity contribution in [3.63, 3.8) is 0 Å². The Morgan fingerprint density at radius 2 is 1.69 bits per heavy atom. The highest BCUT2D eigenvalue weighted by atomic mass is 19.2. The van der Waals surface area contributed by atoms with Crippen LogP contribution in [0, 0.1) is 5.82 Å². The Morgan fingerprint density at radius 1 is 1.00 bits per heavy atom. The first-order valence-corrected chi connectivity index (χ1v) is 11.9. The van der Waals surface area contributed by atoms with Gasteiger partial charge in [-0.25, -0.2) is 22.4 Å². The van der Waals surface area contributed by atoms with Crippen molar-refractivity contribution >= 4 is 11.5 Å². The highest BCUT2D eigenvalue weighted by Crippen LogP contribution is 2.48. The Bertz CT molecular complexity index is 1150. The quantitative estimate of drug-likeness (QED) is 0.153. The van der Waals surface area contributed by atoms with Gasteiger partial charge < -0.3 is 4.74 Å². The standard InChI is InChI=1S/C29H30F4O2/c1-5-7-8-10-19-11-13-20(14-12-19)29(34)35-22-16-15-21-18(4)23(25(30)17(3)9-6-2)27(32)28(33)24(21)26(22)31/h11-16,27-28H,3-10H2,1-2H3/b25-23-. The third-order valence-electron chi connectivity index (χ3n) is 6.16. The minimum absolute atomic E-state index is 0.0318. The second-order valence-corrected chi connectivity index (χ2v) is 8.75. The number of esters is 1. The van der Waals surface area contributed by atoms with Crippen molar-refractivity contribution in [1.82, 2.24) is 0 Å². The van der Waals surface area contributed by atoms with Gasteiger partial charge in [-0.2, -0.15) is 0 Å². The summed E-state index contributed by atoms with van der Waals surface area (Å²) in [6.07, 6.45) is 0.0210. The van der Waals surface area contributed by atoms with Gasteiger partial charge in [0.25, 0.3) is 0 Å². The van der Waals surface area contributed by atoms with Crippen molar-refractivity contribution in [2.24, 2.45) is 0 Å². The number of aryl methyl sites for hydroxylation is 1. The summed E-state index contributed by atoms with van der Waals surface area (Å²) in [5, 5.41) is 0. The highest BCUT2D eigenvalue weighted by Gasteiger charge is 2.41. The van der Waals surface area contributed by atoms with E-state index in [1.54, 1.807) is 31.2 Å².